The van der Waals surface area contributed by atoms with Crippen molar-refractivity contribution in [2.24, 2.45) is 0 Å². The molecule has 1 atom stereocenters. The molecule has 5 nitrogen and oxygen atoms in total. The first-order chi connectivity index (χ1) is 7.76. The number of rotatable bonds is 1. The van der Waals surface area contributed by atoms with Crippen molar-refractivity contribution in [2.75, 3.05) is 19.6 Å². The molecule has 0 aromatic carbocycles. The van der Waals surface area contributed by atoms with Crippen LogP contribution in [-0.4, -0.2) is 48.6 Å². The molecule has 1 heterocycles. The maximum atomic E-state index is 10.8. The van der Waals surface area contributed by atoms with Crippen molar-refractivity contribution in [2.45, 2.75) is 46.3 Å². The molecular weight excluding hydrogens is 220 g/mol. The number of nitrogens with zero attached hydrogens (tertiary/aromatic N) is 1. The number of carbonyl (C=O) groups is 2. The normalized spacial score (nSPS) is 20.1. The second-order valence-electron chi connectivity index (χ2n) is 5.15. The van der Waals surface area contributed by atoms with Gasteiger partial charge >= 0.3 is 0 Å². The van der Waals surface area contributed by atoms with Crippen molar-refractivity contribution in [1.82, 2.24) is 10.2 Å². The van der Waals surface area contributed by atoms with Gasteiger partial charge in [0.05, 0.1) is 0 Å². The van der Waals surface area contributed by atoms with Crippen LogP contribution in [0.1, 0.15) is 34.6 Å². The van der Waals surface area contributed by atoms with E-state index in [1.54, 1.807) is 6.92 Å². The van der Waals surface area contributed by atoms with E-state index in [1.165, 1.54) is 0 Å². The van der Waals surface area contributed by atoms with Crippen LogP contribution < -0.4 is 5.32 Å². The zero-order chi connectivity index (χ0) is 13.5. The van der Waals surface area contributed by atoms with Crippen molar-refractivity contribution >= 4 is 12.4 Å². The summed E-state index contributed by atoms with van der Waals surface area (Å²) < 4.78 is 4.55. The topological polar surface area (TPSA) is 58.6 Å². The summed E-state index contributed by atoms with van der Waals surface area (Å²) in [5, 5.41) is 3.27. The number of piperazine rings is 1. The van der Waals surface area contributed by atoms with Crippen LogP contribution in [0.25, 0.3) is 0 Å². The fraction of sp³-hybridized carbons (Fsp3) is 0.833. The summed E-state index contributed by atoms with van der Waals surface area (Å²) >= 11 is 0. The highest BCUT2D eigenvalue weighted by Gasteiger charge is 2.16. The standard InChI is InChI=1S/C7H14N2O.C5H10O2/c1-6-5-9(7(2)10)4-3-8-6;1-5(2,3)7-4-6/h6,8H,3-5H2,1-2H3;4H,1-3H3. The molecule has 0 spiro atoms. The van der Waals surface area contributed by atoms with Gasteiger partial charge < -0.3 is 15.0 Å². The molecule has 0 aromatic heterocycles. The molecule has 1 fully saturated rings. The highest BCUT2D eigenvalue weighted by atomic mass is 16.5. The molecule has 1 unspecified atom stereocenters. The Hall–Kier alpha value is -1.10. The van der Waals surface area contributed by atoms with Gasteiger partial charge in [-0.1, -0.05) is 0 Å². The van der Waals surface area contributed by atoms with Gasteiger partial charge in [0.15, 0.2) is 0 Å². The fourth-order valence-corrected chi connectivity index (χ4v) is 1.36. The van der Waals surface area contributed by atoms with E-state index >= 15 is 0 Å². The Morgan fingerprint density at radius 3 is 2.29 bits per heavy atom. The number of nitrogens with one attached hydrogen (secondary N) is 1. The first-order valence-electron chi connectivity index (χ1n) is 5.86. The summed E-state index contributed by atoms with van der Waals surface area (Å²) in [7, 11) is 0. The van der Waals surface area contributed by atoms with Gasteiger partial charge in [-0.15, -0.1) is 0 Å². The molecular formula is C12H24N2O3. The van der Waals surface area contributed by atoms with Gasteiger partial charge in [-0.25, -0.2) is 0 Å². The Morgan fingerprint density at radius 1 is 1.47 bits per heavy atom. The molecule has 5 heteroatoms. The molecule has 0 radical (unpaired) electrons. The Morgan fingerprint density at radius 2 is 2.06 bits per heavy atom. The Balaban J connectivity index is 0.000000325. The number of hydrogen-bond donors (Lipinski definition) is 1. The quantitative estimate of drug-likeness (QED) is 0.693. The van der Waals surface area contributed by atoms with Crippen LogP contribution in [-0.2, 0) is 14.3 Å². The zero-order valence-electron chi connectivity index (χ0n) is 11.4. The molecule has 0 aliphatic carbocycles. The van der Waals surface area contributed by atoms with Gasteiger partial charge in [-0.3, -0.25) is 9.59 Å². The number of carbonyl (C=O) groups excluding carboxylic acids is 2. The highest BCUT2D eigenvalue weighted by Crippen LogP contribution is 2.02. The predicted octanol–water partition coefficient (Wildman–Crippen LogP) is 0.784. The van der Waals surface area contributed by atoms with Gasteiger partial charge in [-0.05, 0) is 27.7 Å². The zero-order valence-corrected chi connectivity index (χ0v) is 11.4. The summed E-state index contributed by atoms with van der Waals surface area (Å²) in [6, 6.07) is 0.456. The second kappa shape index (κ2) is 7.27. The first kappa shape index (κ1) is 15.9. The SMILES string of the molecule is CC(=O)N1CCNC(C)C1.CC(C)(C)OC=O. The average Bonchev–Trinajstić information content (AvgIpc) is 2.16. The number of ether oxygens (including phenoxy) is 1. The van der Waals surface area contributed by atoms with Gasteiger partial charge in [0.1, 0.15) is 5.60 Å². The molecule has 1 amide bonds. The van der Waals surface area contributed by atoms with Crippen molar-refractivity contribution in [3.05, 3.63) is 0 Å². The lowest BCUT2D eigenvalue weighted by Gasteiger charge is -2.30. The minimum atomic E-state index is -0.318. The van der Waals surface area contributed by atoms with Gasteiger partial charge in [-0.2, -0.15) is 0 Å². The number of hydrogen-bond acceptors (Lipinski definition) is 4. The van der Waals surface area contributed by atoms with Crippen LogP contribution in [0.5, 0.6) is 0 Å². The van der Waals surface area contributed by atoms with E-state index in [2.05, 4.69) is 17.0 Å². The van der Waals surface area contributed by atoms with Gasteiger partial charge in [0.2, 0.25) is 5.91 Å². The monoisotopic (exact) mass is 244 g/mol. The fourth-order valence-electron chi connectivity index (χ4n) is 1.36. The molecule has 100 valence electrons. The highest BCUT2D eigenvalue weighted by molar-refractivity contribution is 5.73. The first-order valence-corrected chi connectivity index (χ1v) is 5.86. The lowest BCUT2D eigenvalue weighted by Crippen LogP contribution is -2.50. The van der Waals surface area contributed by atoms with Crippen molar-refractivity contribution in [1.29, 1.82) is 0 Å². The molecule has 1 aliphatic heterocycles. The van der Waals surface area contributed by atoms with Crippen LogP contribution >= 0.6 is 0 Å². The molecule has 0 saturated carbocycles. The molecule has 1 rings (SSSR count). The predicted molar refractivity (Wildman–Crippen MR) is 66.6 cm³/mol. The van der Waals surface area contributed by atoms with E-state index in [1.807, 2.05) is 25.7 Å². The van der Waals surface area contributed by atoms with Crippen LogP contribution in [0.3, 0.4) is 0 Å². The summed E-state index contributed by atoms with van der Waals surface area (Å²) in [5.74, 6) is 0.188. The minimum Gasteiger partial charge on any atom is -0.462 e. The van der Waals surface area contributed by atoms with Crippen LogP contribution in [0.4, 0.5) is 0 Å². The molecule has 0 bridgehead atoms. The van der Waals surface area contributed by atoms with Crippen molar-refractivity contribution < 1.29 is 14.3 Å². The van der Waals surface area contributed by atoms with E-state index < -0.39 is 0 Å². The number of amides is 1. The van der Waals surface area contributed by atoms with E-state index in [0.29, 0.717) is 12.5 Å². The lowest BCUT2D eigenvalue weighted by atomic mass is 10.2. The molecule has 1 aliphatic rings. The van der Waals surface area contributed by atoms with E-state index in [9.17, 15) is 9.59 Å². The third-order valence-corrected chi connectivity index (χ3v) is 2.22. The summed E-state index contributed by atoms with van der Waals surface area (Å²) in [6.45, 7) is 12.3. The Kier molecular flexibility index (Phi) is 6.80. The van der Waals surface area contributed by atoms with Crippen LogP contribution in [0.2, 0.25) is 0 Å². The summed E-state index contributed by atoms with van der Waals surface area (Å²) in [5.41, 5.74) is -0.318. The van der Waals surface area contributed by atoms with E-state index in [0.717, 1.165) is 19.6 Å². The third-order valence-electron chi connectivity index (χ3n) is 2.22. The largest absolute Gasteiger partial charge is 0.462 e. The van der Waals surface area contributed by atoms with Crippen LogP contribution in [0.15, 0.2) is 0 Å². The van der Waals surface area contributed by atoms with Crippen molar-refractivity contribution in [3.63, 3.8) is 0 Å². The van der Waals surface area contributed by atoms with Crippen molar-refractivity contribution in [3.8, 4) is 0 Å². The molecule has 1 saturated heterocycles. The average molecular weight is 244 g/mol. The minimum absolute atomic E-state index is 0.188. The molecule has 17 heavy (non-hydrogen) atoms. The Bertz CT molecular complexity index is 249. The maximum Gasteiger partial charge on any atom is 0.293 e. The van der Waals surface area contributed by atoms with Gasteiger partial charge in [0.25, 0.3) is 6.47 Å². The van der Waals surface area contributed by atoms with Crippen LogP contribution in [0, 0.1) is 0 Å². The van der Waals surface area contributed by atoms with E-state index in [-0.39, 0.29) is 11.5 Å². The second-order valence-corrected chi connectivity index (χ2v) is 5.15. The van der Waals surface area contributed by atoms with Gasteiger partial charge in [0, 0.05) is 32.6 Å². The Labute approximate surface area is 103 Å². The molecule has 1 N–H and O–H groups in total. The van der Waals surface area contributed by atoms with E-state index in [4.69, 9.17) is 0 Å². The smallest absolute Gasteiger partial charge is 0.293 e. The summed E-state index contributed by atoms with van der Waals surface area (Å²) in [4.78, 5) is 22.3. The lowest BCUT2D eigenvalue weighted by molar-refractivity contribution is -0.138. The summed E-state index contributed by atoms with van der Waals surface area (Å²) in [6.07, 6.45) is 0. The maximum absolute atomic E-state index is 10.8. The molecule has 0 aromatic rings. The third kappa shape index (κ3) is 8.68.